The van der Waals surface area contributed by atoms with Crippen molar-refractivity contribution in [3.63, 3.8) is 0 Å². The van der Waals surface area contributed by atoms with Crippen molar-refractivity contribution in [1.82, 2.24) is 19.9 Å². The highest BCUT2D eigenvalue weighted by molar-refractivity contribution is 9.10. The maximum absolute atomic E-state index is 13.6. The molecule has 34 heavy (non-hydrogen) atoms. The summed E-state index contributed by atoms with van der Waals surface area (Å²) in [6.07, 6.45) is 1.39. The Morgan fingerprint density at radius 2 is 1.82 bits per heavy atom. The summed E-state index contributed by atoms with van der Waals surface area (Å²) in [5.41, 5.74) is 4.55. The number of carbonyl (C=O) groups excluding carboxylic acids is 1. The fourth-order valence-electron chi connectivity index (χ4n) is 3.50. The summed E-state index contributed by atoms with van der Waals surface area (Å²) in [4.78, 5) is 29.0. The molecule has 5 rings (SSSR count). The van der Waals surface area contributed by atoms with Gasteiger partial charge in [-0.2, -0.15) is 0 Å². The van der Waals surface area contributed by atoms with E-state index in [4.69, 9.17) is 0 Å². The Kier molecular flexibility index (Phi) is 5.77. The molecule has 0 atom stereocenters. The predicted octanol–water partition coefficient (Wildman–Crippen LogP) is 6.23. The summed E-state index contributed by atoms with van der Waals surface area (Å²) >= 11 is 3.45. The fourth-order valence-corrected chi connectivity index (χ4v) is 3.74. The zero-order valence-corrected chi connectivity index (χ0v) is 19.5. The van der Waals surface area contributed by atoms with E-state index in [0.29, 0.717) is 39.7 Å². The lowest BCUT2D eigenvalue weighted by Gasteiger charge is -2.08. The molecule has 0 saturated heterocycles. The number of aromatic amines is 1. The molecule has 0 aliphatic carbocycles. The van der Waals surface area contributed by atoms with Crippen molar-refractivity contribution in [2.45, 2.75) is 6.92 Å². The van der Waals surface area contributed by atoms with Crippen LogP contribution in [0.25, 0.3) is 22.6 Å². The van der Waals surface area contributed by atoms with Gasteiger partial charge >= 0.3 is 0 Å². The Labute approximate surface area is 202 Å². The number of nitrogens with one attached hydrogen (secondary N) is 3. The molecule has 0 unspecified atom stereocenters. The molecule has 2 aromatic heterocycles. The van der Waals surface area contributed by atoms with Crippen LogP contribution in [0.1, 0.15) is 15.9 Å². The lowest BCUT2D eigenvalue weighted by molar-refractivity contribution is 0.102. The maximum Gasteiger partial charge on any atom is 0.255 e. The summed E-state index contributed by atoms with van der Waals surface area (Å²) in [7, 11) is 0. The van der Waals surface area contributed by atoms with E-state index >= 15 is 0 Å². The molecule has 0 saturated carbocycles. The smallest absolute Gasteiger partial charge is 0.255 e. The first-order valence-corrected chi connectivity index (χ1v) is 11.2. The second kappa shape index (κ2) is 9.03. The van der Waals surface area contributed by atoms with Crippen LogP contribution in [0.2, 0.25) is 0 Å². The number of hydrogen-bond donors (Lipinski definition) is 3. The molecule has 3 N–H and O–H groups in total. The molecule has 9 heteroatoms. The maximum atomic E-state index is 13.6. The minimum atomic E-state index is -0.349. The van der Waals surface area contributed by atoms with Gasteiger partial charge in [0.05, 0.1) is 0 Å². The SMILES string of the molecule is Cc1cc(C(=O)Nc2cccc(-c3nc4ncnc(Nc5cccc(F)c5)c4[nH]3)c2)ccc1Br. The molecule has 5 aromatic rings. The van der Waals surface area contributed by atoms with Crippen molar-refractivity contribution >= 4 is 50.2 Å². The topological polar surface area (TPSA) is 95.6 Å². The van der Waals surface area contributed by atoms with Crippen molar-refractivity contribution in [2.75, 3.05) is 10.6 Å². The first kappa shape index (κ1) is 21.7. The molecule has 1 amide bonds. The molecule has 0 fully saturated rings. The Bertz CT molecular complexity index is 1530. The Morgan fingerprint density at radius 3 is 2.65 bits per heavy atom. The number of nitrogens with zero attached hydrogens (tertiary/aromatic N) is 3. The van der Waals surface area contributed by atoms with Crippen molar-refractivity contribution in [1.29, 1.82) is 0 Å². The molecule has 168 valence electrons. The number of carbonyl (C=O) groups is 1. The number of imidazole rings is 1. The van der Waals surface area contributed by atoms with E-state index in [1.54, 1.807) is 18.2 Å². The number of fused-ring (bicyclic) bond motifs is 1. The van der Waals surface area contributed by atoms with Crippen LogP contribution >= 0.6 is 15.9 Å². The molecular formula is C25H18BrFN6O. The van der Waals surface area contributed by atoms with Crippen molar-refractivity contribution in [2.24, 2.45) is 0 Å². The summed E-state index contributed by atoms with van der Waals surface area (Å²) in [6, 6.07) is 18.9. The third-order valence-electron chi connectivity index (χ3n) is 5.19. The van der Waals surface area contributed by atoms with Crippen LogP contribution in [0, 0.1) is 12.7 Å². The molecule has 0 aliphatic rings. The molecule has 0 bridgehead atoms. The summed E-state index contributed by atoms with van der Waals surface area (Å²) in [5.74, 6) is 0.486. The Balaban J connectivity index is 1.42. The first-order valence-electron chi connectivity index (χ1n) is 10.4. The number of amides is 1. The highest BCUT2D eigenvalue weighted by Crippen LogP contribution is 2.27. The number of benzene rings is 3. The van der Waals surface area contributed by atoms with E-state index in [9.17, 15) is 9.18 Å². The standard InChI is InChI=1S/C25H18BrFN6O/c1-14-10-16(8-9-20(14)26)25(34)31-18-6-2-4-15(11-18)22-32-21-23(28-13-29-24(21)33-22)30-19-7-3-5-17(27)12-19/h2-13H,1H3,(H,31,34)(H2,28,29,30,32,33). The number of aromatic nitrogens is 4. The number of hydrogen-bond acceptors (Lipinski definition) is 5. The molecule has 0 aliphatic heterocycles. The highest BCUT2D eigenvalue weighted by atomic mass is 79.9. The minimum Gasteiger partial charge on any atom is -0.338 e. The second-order valence-electron chi connectivity index (χ2n) is 7.64. The third kappa shape index (κ3) is 4.51. The van der Waals surface area contributed by atoms with Gasteiger partial charge in [0.15, 0.2) is 11.5 Å². The van der Waals surface area contributed by atoms with Gasteiger partial charge in [-0.3, -0.25) is 4.79 Å². The number of anilines is 3. The lowest BCUT2D eigenvalue weighted by atomic mass is 10.1. The lowest BCUT2D eigenvalue weighted by Crippen LogP contribution is -2.12. The van der Waals surface area contributed by atoms with E-state index in [0.717, 1.165) is 15.6 Å². The van der Waals surface area contributed by atoms with E-state index < -0.39 is 0 Å². The van der Waals surface area contributed by atoms with Crippen molar-refractivity contribution < 1.29 is 9.18 Å². The largest absolute Gasteiger partial charge is 0.338 e. The van der Waals surface area contributed by atoms with E-state index in [1.807, 2.05) is 43.3 Å². The first-order chi connectivity index (χ1) is 16.5. The molecular weight excluding hydrogens is 499 g/mol. The zero-order chi connectivity index (χ0) is 23.7. The van der Waals surface area contributed by atoms with E-state index in [1.165, 1.54) is 18.5 Å². The van der Waals surface area contributed by atoms with Gasteiger partial charge in [-0.15, -0.1) is 0 Å². The van der Waals surface area contributed by atoms with Gasteiger partial charge in [0.1, 0.15) is 23.5 Å². The van der Waals surface area contributed by atoms with Gasteiger partial charge < -0.3 is 15.6 Å². The quantitative estimate of drug-likeness (QED) is 0.257. The monoisotopic (exact) mass is 516 g/mol. The minimum absolute atomic E-state index is 0.204. The van der Waals surface area contributed by atoms with Crippen LogP contribution in [-0.4, -0.2) is 25.8 Å². The normalized spacial score (nSPS) is 10.9. The van der Waals surface area contributed by atoms with Crippen LogP contribution in [0.5, 0.6) is 0 Å². The van der Waals surface area contributed by atoms with Gasteiger partial charge in [0, 0.05) is 27.0 Å². The van der Waals surface area contributed by atoms with Crippen LogP contribution < -0.4 is 10.6 Å². The molecule has 3 aromatic carbocycles. The second-order valence-corrected chi connectivity index (χ2v) is 8.49. The van der Waals surface area contributed by atoms with Crippen LogP contribution in [0.3, 0.4) is 0 Å². The average molecular weight is 517 g/mol. The predicted molar refractivity (Wildman–Crippen MR) is 134 cm³/mol. The number of rotatable bonds is 5. The van der Waals surface area contributed by atoms with Gasteiger partial charge in [-0.25, -0.2) is 19.3 Å². The van der Waals surface area contributed by atoms with Crippen LogP contribution in [-0.2, 0) is 0 Å². The summed E-state index contributed by atoms with van der Waals surface area (Å²) < 4.78 is 14.5. The molecule has 0 spiro atoms. The van der Waals surface area contributed by atoms with Crippen molar-refractivity contribution in [3.8, 4) is 11.4 Å². The number of aryl methyl sites for hydroxylation is 1. The molecule has 0 radical (unpaired) electrons. The number of halogens is 2. The van der Waals surface area contributed by atoms with Gasteiger partial charge in [0.25, 0.3) is 5.91 Å². The summed E-state index contributed by atoms with van der Waals surface area (Å²) in [5, 5.41) is 6.02. The molecule has 2 heterocycles. The van der Waals surface area contributed by atoms with E-state index in [-0.39, 0.29) is 11.7 Å². The fraction of sp³-hybridized carbons (Fsp3) is 0.0400. The van der Waals surface area contributed by atoms with E-state index in [2.05, 4.69) is 46.5 Å². The van der Waals surface area contributed by atoms with Gasteiger partial charge in [-0.1, -0.05) is 34.1 Å². The third-order valence-corrected chi connectivity index (χ3v) is 6.08. The zero-order valence-electron chi connectivity index (χ0n) is 17.9. The van der Waals surface area contributed by atoms with Gasteiger partial charge in [0.2, 0.25) is 0 Å². The average Bonchev–Trinajstić information content (AvgIpc) is 3.27. The Hall–Kier alpha value is -4.11. The molecule has 7 nitrogen and oxygen atoms in total. The summed E-state index contributed by atoms with van der Waals surface area (Å²) in [6.45, 7) is 1.93. The highest BCUT2D eigenvalue weighted by Gasteiger charge is 2.13. The Morgan fingerprint density at radius 1 is 1.00 bits per heavy atom. The van der Waals surface area contributed by atoms with Crippen molar-refractivity contribution in [3.05, 3.63) is 94.5 Å². The van der Waals surface area contributed by atoms with Crippen LogP contribution in [0.4, 0.5) is 21.6 Å². The van der Waals surface area contributed by atoms with Gasteiger partial charge in [-0.05, 0) is 61.0 Å². The van der Waals surface area contributed by atoms with Crippen LogP contribution in [0.15, 0.2) is 77.5 Å². The number of H-pyrrole nitrogens is 1.